The lowest BCUT2D eigenvalue weighted by Gasteiger charge is -2.42. The number of benzene rings is 1. The van der Waals surface area contributed by atoms with E-state index >= 15 is 0 Å². The average Bonchev–Trinajstić information content (AvgIpc) is 2.33. The van der Waals surface area contributed by atoms with Gasteiger partial charge in [0.05, 0.1) is 10.6 Å². The highest BCUT2D eigenvalue weighted by atomic mass is 79.9. The van der Waals surface area contributed by atoms with Crippen LogP contribution in [0.2, 0.25) is 0 Å². The summed E-state index contributed by atoms with van der Waals surface area (Å²) in [6.07, 6.45) is 1.97. The van der Waals surface area contributed by atoms with Crippen LogP contribution in [0, 0.1) is 23.5 Å². The molecule has 2 rings (SSSR count). The molecule has 0 aromatic heterocycles. The van der Waals surface area contributed by atoms with E-state index in [0.717, 1.165) is 12.8 Å². The molecule has 1 aliphatic carbocycles. The molecule has 0 spiro atoms. The first-order valence-corrected chi connectivity index (χ1v) is 7.86. The van der Waals surface area contributed by atoms with Gasteiger partial charge in [0.2, 0.25) is 0 Å². The zero-order valence-corrected chi connectivity index (χ0v) is 13.7. The van der Waals surface area contributed by atoms with Gasteiger partial charge in [-0.1, -0.05) is 27.2 Å². The number of hydrogen-bond acceptors (Lipinski definition) is 1. The van der Waals surface area contributed by atoms with Crippen LogP contribution in [0.4, 0.5) is 8.78 Å². The van der Waals surface area contributed by atoms with Crippen LogP contribution < -0.4 is 0 Å². The summed E-state index contributed by atoms with van der Waals surface area (Å²) in [4.78, 5) is 0. The van der Waals surface area contributed by atoms with Crippen molar-refractivity contribution in [2.24, 2.45) is 11.8 Å². The van der Waals surface area contributed by atoms with Crippen molar-refractivity contribution in [1.29, 1.82) is 0 Å². The predicted molar refractivity (Wildman–Crippen MR) is 79.6 cm³/mol. The third-order valence-corrected chi connectivity index (χ3v) is 5.31. The first-order chi connectivity index (χ1) is 9.25. The Kier molecular flexibility index (Phi) is 4.55. The maximum absolute atomic E-state index is 14.3. The van der Waals surface area contributed by atoms with Gasteiger partial charge in [-0.25, -0.2) is 8.78 Å². The summed E-state index contributed by atoms with van der Waals surface area (Å²) in [5.74, 6) is -0.756. The number of hydrogen-bond donors (Lipinski definition) is 1. The molecular formula is C16H21BrF2O. The fraction of sp³-hybridized carbons (Fsp3) is 0.625. The monoisotopic (exact) mass is 346 g/mol. The van der Waals surface area contributed by atoms with Gasteiger partial charge in [0.25, 0.3) is 0 Å². The number of aliphatic hydroxyl groups is 1. The van der Waals surface area contributed by atoms with Crippen molar-refractivity contribution in [2.75, 3.05) is 0 Å². The molecule has 0 heterocycles. The molecule has 1 aliphatic rings. The van der Waals surface area contributed by atoms with E-state index in [2.05, 4.69) is 22.9 Å². The maximum Gasteiger partial charge on any atom is 0.144 e. The van der Waals surface area contributed by atoms with E-state index in [1.807, 2.05) is 13.8 Å². The summed E-state index contributed by atoms with van der Waals surface area (Å²) in [7, 11) is 0. The summed E-state index contributed by atoms with van der Waals surface area (Å²) < 4.78 is 28.8. The Morgan fingerprint density at radius 3 is 2.50 bits per heavy atom. The van der Waals surface area contributed by atoms with E-state index in [4.69, 9.17) is 0 Å². The van der Waals surface area contributed by atoms with Gasteiger partial charge in [-0.15, -0.1) is 0 Å². The standard InChI is InChI=1S/C16H21BrF2O/c1-9-4-5-10(13(20)8-9)16(2,3)14-12(18)7-6-11(17)15(14)19/h6-7,9-10,13,20H,4-5,8H2,1-3H3. The number of halogens is 3. The van der Waals surface area contributed by atoms with Gasteiger partial charge in [0, 0.05) is 11.0 Å². The Morgan fingerprint density at radius 1 is 1.25 bits per heavy atom. The highest BCUT2D eigenvalue weighted by Crippen LogP contribution is 2.44. The zero-order valence-electron chi connectivity index (χ0n) is 12.1. The number of rotatable bonds is 2. The largest absolute Gasteiger partial charge is 0.393 e. The van der Waals surface area contributed by atoms with Gasteiger partial charge >= 0.3 is 0 Å². The van der Waals surface area contributed by atoms with E-state index in [1.54, 1.807) is 0 Å². The maximum atomic E-state index is 14.3. The quantitative estimate of drug-likeness (QED) is 0.762. The van der Waals surface area contributed by atoms with Crippen LogP contribution in [0.1, 0.15) is 45.6 Å². The fourth-order valence-electron chi connectivity index (χ4n) is 3.50. The predicted octanol–water partition coefficient (Wildman–Crippen LogP) is 4.80. The van der Waals surface area contributed by atoms with E-state index in [-0.39, 0.29) is 16.0 Å². The molecule has 1 nitrogen and oxygen atoms in total. The molecule has 20 heavy (non-hydrogen) atoms. The van der Waals surface area contributed by atoms with Crippen molar-refractivity contribution in [3.8, 4) is 0 Å². The van der Waals surface area contributed by atoms with Crippen LogP contribution in [0.3, 0.4) is 0 Å². The first kappa shape index (κ1) is 15.9. The van der Waals surface area contributed by atoms with Crippen molar-refractivity contribution in [3.63, 3.8) is 0 Å². The van der Waals surface area contributed by atoms with Crippen molar-refractivity contribution in [3.05, 3.63) is 33.8 Å². The minimum atomic E-state index is -0.739. The third kappa shape index (κ3) is 2.77. The van der Waals surface area contributed by atoms with Crippen LogP contribution >= 0.6 is 15.9 Å². The molecule has 1 saturated carbocycles. The highest BCUT2D eigenvalue weighted by Gasteiger charge is 2.42. The second kappa shape index (κ2) is 5.72. The minimum absolute atomic E-state index is 0.0745. The lowest BCUT2D eigenvalue weighted by atomic mass is 9.64. The van der Waals surface area contributed by atoms with Crippen molar-refractivity contribution in [2.45, 2.75) is 51.6 Å². The minimum Gasteiger partial charge on any atom is -0.393 e. The molecule has 0 amide bonds. The molecule has 1 aromatic carbocycles. The summed E-state index contributed by atoms with van der Waals surface area (Å²) in [5.41, 5.74) is -0.664. The molecule has 1 aromatic rings. The van der Waals surface area contributed by atoms with Crippen molar-refractivity contribution < 1.29 is 13.9 Å². The molecular weight excluding hydrogens is 326 g/mol. The normalized spacial score (nSPS) is 27.6. The van der Waals surface area contributed by atoms with Gasteiger partial charge in [-0.05, 0) is 52.7 Å². The average molecular weight is 347 g/mol. The molecule has 1 N–H and O–H groups in total. The van der Waals surface area contributed by atoms with Crippen molar-refractivity contribution in [1.82, 2.24) is 0 Å². The zero-order chi connectivity index (χ0) is 15.1. The lowest BCUT2D eigenvalue weighted by molar-refractivity contribution is 0.0126. The molecule has 1 fully saturated rings. The Bertz CT molecular complexity index is 501. The van der Waals surface area contributed by atoms with Gasteiger partial charge in [-0.2, -0.15) is 0 Å². The van der Waals surface area contributed by atoms with E-state index < -0.39 is 23.2 Å². The molecule has 3 atom stereocenters. The van der Waals surface area contributed by atoms with Crippen molar-refractivity contribution >= 4 is 15.9 Å². The molecule has 3 unspecified atom stereocenters. The van der Waals surface area contributed by atoms with Crippen LogP contribution in [-0.2, 0) is 5.41 Å². The third-order valence-electron chi connectivity index (χ3n) is 4.69. The van der Waals surface area contributed by atoms with Crippen LogP contribution in [0.25, 0.3) is 0 Å². The van der Waals surface area contributed by atoms with E-state index in [9.17, 15) is 13.9 Å². The van der Waals surface area contributed by atoms with Gasteiger partial charge in [0.15, 0.2) is 0 Å². The van der Waals surface area contributed by atoms with Gasteiger partial charge in [-0.3, -0.25) is 0 Å². The Balaban J connectivity index is 2.42. The van der Waals surface area contributed by atoms with Crippen LogP contribution in [-0.4, -0.2) is 11.2 Å². The SMILES string of the molecule is CC1CCC(C(C)(C)c2c(F)ccc(Br)c2F)C(O)C1. The summed E-state index contributed by atoms with van der Waals surface area (Å²) in [6.45, 7) is 5.75. The Hall–Kier alpha value is -0.480. The summed E-state index contributed by atoms with van der Waals surface area (Å²) in [6, 6.07) is 2.66. The van der Waals surface area contributed by atoms with Crippen LogP contribution in [0.15, 0.2) is 16.6 Å². The topological polar surface area (TPSA) is 20.2 Å². The molecule has 0 radical (unpaired) electrons. The smallest absolute Gasteiger partial charge is 0.144 e. The Morgan fingerprint density at radius 2 is 1.90 bits per heavy atom. The summed E-state index contributed by atoms with van der Waals surface area (Å²) in [5, 5.41) is 10.3. The molecule has 0 aliphatic heterocycles. The highest BCUT2D eigenvalue weighted by molar-refractivity contribution is 9.10. The number of aliphatic hydroxyl groups excluding tert-OH is 1. The lowest BCUT2D eigenvalue weighted by Crippen LogP contribution is -2.42. The Labute approximate surface area is 127 Å². The van der Waals surface area contributed by atoms with Crippen LogP contribution in [0.5, 0.6) is 0 Å². The summed E-state index contributed by atoms with van der Waals surface area (Å²) >= 11 is 3.12. The molecule has 0 saturated heterocycles. The molecule has 0 bridgehead atoms. The van der Waals surface area contributed by atoms with Gasteiger partial charge in [0.1, 0.15) is 11.6 Å². The first-order valence-electron chi connectivity index (χ1n) is 7.07. The molecule has 4 heteroatoms. The second-order valence-corrected chi connectivity index (χ2v) is 7.39. The fourth-order valence-corrected chi connectivity index (χ4v) is 3.83. The molecule has 112 valence electrons. The second-order valence-electron chi connectivity index (χ2n) is 6.53. The van der Waals surface area contributed by atoms with E-state index in [1.165, 1.54) is 12.1 Å². The van der Waals surface area contributed by atoms with Gasteiger partial charge < -0.3 is 5.11 Å². The van der Waals surface area contributed by atoms with E-state index in [0.29, 0.717) is 12.3 Å².